The molecule has 2 amide bonds. The largest absolute Gasteiger partial charge is 0.416 e. The summed E-state index contributed by atoms with van der Waals surface area (Å²) in [4.78, 5) is 12.8. The summed E-state index contributed by atoms with van der Waals surface area (Å²) in [5.74, 6) is 0. The first-order valence-corrected chi connectivity index (χ1v) is 11.3. The number of amides is 2. The van der Waals surface area contributed by atoms with Crippen LogP contribution in [0.5, 0.6) is 0 Å². The van der Waals surface area contributed by atoms with E-state index in [0.29, 0.717) is 24.8 Å². The van der Waals surface area contributed by atoms with Crippen molar-refractivity contribution in [2.75, 3.05) is 6.54 Å². The molecule has 29 heavy (non-hydrogen) atoms. The molecule has 1 aliphatic heterocycles. The van der Waals surface area contributed by atoms with Gasteiger partial charge in [0, 0.05) is 6.54 Å². The number of alkyl halides is 3. The van der Waals surface area contributed by atoms with Gasteiger partial charge in [0.1, 0.15) is 0 Å². The van der Waals surface area contributed by atoms with Gasteiger partial charge in [-0.05, 0) is 49.5 Å². The number of urea groups is 1. The quantitative estimate of drug-likeness (QED) is 0.741. The highest BCUT2D eigenvalue weighted by Gasteiger charge is 2.57. The number of carbonyl (C=O) groups is 1. The van der Waals surface area contributed by atoms with Crippen molar-refractivity contribution in [1.29, 1.82) is 0 Å². The Balaban J connectivity index is 2.20. The number of carbonyl (C=O) groups excluding carboxylic acids is 1. The number of hydrogen-bond donors (Lipinski definition) is 1. The third-order valence-electron chi connectivity index (χ3n) is 5.74. The van der Waals surface area contributed by atoms with E-state index in [1.807, 2.05) is 6.92 Å². The number of nitrogens with zero attached hydrogens (tertiary/aromatic N) is 1. The SMILES string of the molecule is CCNC(=O)N1C2(CCCCC2)C(CC)=C(c2ccc(C(F)(F)F)cc2)S1(=O)=O. The molecule has 1 fully saturated rings. The molecule has 2 aliphatic rings. The maximum atomic E-state index is 13.5. The molecule has 1 aromatic rings. The van der Waals surface area contributed by atoms with Gasteiger partial charge >= 0.3 is 12.2 Å². The van der Waals surface area contributed by atoms with Crippen LogP contribution >= 0.6 is 0 Å². The molecule has 1 saturated carbocycles. The first-order chi connectivity index (χ1) is 13.6. The fraction of sp³-hybridized carbons (Fsp3) is 0.550. The molecule has 160 valence electrons. The first-order valence-electron chi connectivity index (χ1n) is 9.84. The van der Waals surface area contributed by atoms with Crippen molar-refractivity contribution < 1.29 is 26.4 Å². The molecule has 1 aromatic carbocycles. The van der Waals surface area contributed by atoms with Crippen molar-refractivity contribution in [1.82, 2.24) is 9.62 Å². The zero-order valence-corrected chi connectivity index (χ0v) is 17.3. The van der Waals surface area contributed by atoms with Crippen molar-refractivity contribution in [3.63, 3.8) is 0 Å². The highest BCUT2D eigenvalue weighted by molar-refractivity contribution is 7.99. The van der Waals surface area contributed by atoms with Crippen LogP contribution < -0.4 is 5.32 Å². The van der Waals surface area contributed by atoms with Gasteiger partial charge < -0.3 is 5.32 Å². The zero-order valence-electron chi connectivity index (χ0n) is 16.5. The van der Waals surface area contributed by atoms with Gasteiger partial charge in [0.05, 0.1) is 16.0 Å². The summed E-state index contributed by atoms with van der Waals surface area (Å²) >= 11 is 0. The highest BCUT2D eigenvalue weighted by Crippen LogP contribution is 2.53. The second kappa shape index (κ2) is 7.66. The Morgan fingerprint density at radius 2 is 1.69 bits per heavy atom. The van der Waals surface area contributed by atoms with Crippen LogP contribution in [-0.2, 0) is 16.2 Å². The van der Waals surface area contributed by atoms with Crippen LogP contribution in [0.4, 0.5) is 18.0 Å². The Labute approximate surface area is 169 Å². The maximum Gasteiger partial charge on any atom is 0.416 e. The molecule has 5 nitrogen and oxygen atoms in total. The summed E-state index contributed by atoms with van der Waals surface area (Å²) in [6, 6.07) is 3.45. The van der Waals surface area contributed by atoms with Crippen molar-refractivity contribution in [3.05, 3.63) is 41.0 Å². The molecule has 0 radical (unpaired) electrons. The first kappa shape index (κ1) is 21.7. The predicted molar refractivity (Wildman–Crippen MR) is 104 cm³/mol. The normalized spacial score (nSPS) is 20.9. The monoisotopic (exact) mass is 430 g/mol. The van der Waals surface area contributed by atoms with Gasteiger partial charge in [0.15, 0.2) is 0 Å². The van der Waals surface area contributed by atoms with Crippen molar-refractivity contribution >= 4 is 21.0 Å². The lowest BCUT2D eigenvalue weighted by molar-refractivity contribution is -0.137. The third-order valence-corrected chi connectivity index (χ3v) is 7.74. The van der Waals surface area contributed by atoms with E-state index in [4.69, 9.17) is 0 Å². The Morgan fingerprint density at radius 1 is 1.10 bits per heavy atom. The Morgan fingerprint density at radius 3 is 2.17 bits per heavy atom. The second-order valence-electron chi connectivity index (χ2n) is 7.43. The molecule has 1 aliphatic carbocycles. The molecular formula is C20H25F3N2O3S. The lowest BCUT2D eigenvalue weighted by Gasteiger charge is -2.41. The molecule has 0 unspecified atom stereocenters. The highest BCUT2D eigenvalue weighted by atomic mass is 32.2. The average molecular weight is 430 g/mol. The molecule has 0 atom stereocenters. The smallest absolute Gasteiger partial charge is 0.337 e. The number of hydrogen-bond acceptors (Lipinski definition) is 3. The number of sulfonamides is 1. The van der Waals surface area contributed by atoms with Crippen LogP contribution in [0, 0.1) is 0 Å². The number of rotatable bonds is 3. The van der Waals surface area contributed by atoms with E-state index in [1.54, 1.807) is 6.92 Å². The molecule has 0 aromatic heterocycles. The minimum Gasteiger partial charge on any atom is -0.337 e. The summed E-state index contributed by atoms with van der Waals surface area (Å²) in [6.45, 7) is 3.81. The molecule has 0 bridgehead atoms. The molecule has 0 saturated heterocycles. The Kier molecular flexibility index (Phi) is 5.73. The zero-order chi connectivity index (χ0) is 21.4. The van der Waals surface area contributed by atoms with Crippen molar-refractivity contribution in [2.24, 2.45) is 0 Å². The van der Waals surface area contributed by atoms with Crippen LogP contribution in [0.3, 0.4) is 0 Å². The van der Waals surface area contributed by atoms with Gasteiger partial charge in [-0.2, -0.15) is 13.2 Å². The minimum absolute atomic E-state index is 0.0260. The van der Waals surface area contributed by atoms with Gasteiger partial charge in [-0.15, -0.1) is 0 Å². The topological polar surface area (TPSA) is 66.5 Å². The van der Waals surface area contributed by atoms with Crippen LogP contribution in [0.2, 0.25) is 0 Å². The van der Waals surface area contributed by atoms with Crippen LogP contribution in [0.15, 0.2) is 29.8 Å². The molecule has 1 spiro atoms. The Hall–Kier alpha value is -2.03. The number of benzene rings is 1. The number of nitrogens with one attached hydrogen (secondary N) is 1. The van der Waals surface area contributed by atoms with Gasteiger partial charge in [-0.25, -0.2) is 17.5 Å². The fourth-order valence-electron chi connectivity index (χ4n) is 4.60. The summed E-state index contributed by atoms with van der Waals surface area (Å²) in [6.07, 6.45) is -0.534. The Bertz CT molecular complexity index is 915. The minimum atomic E-state index is -4.51. The number of halogens is 3. The summed E-state index contributed by atoms with van der Waals surface area (Å²) in [7, 11) is -4.20. The van der Waals surface area contributed by atoms with Gasteiger partial charge in [-0.1, -0.05) is 38.3 Å². The van der Waals surface area contributed by atoms with E-state index in [0.717, 1.165) is 35.7 Å². The van der Waals surface area contributed by atoms with E-state index in [-0.39, 0.29) is 17.0 Å². The summed E-state index contributed by atoms with van der Waals surface area (Å²) in [5.41, 5.74) is -0.985. The molecule has 3 rings (SSSR count). The van der Waals surface area contributed by atoms with Crippen LogP contribution in [0.25, 0.3) is 4.91 Å². The van der Waals surface area contributed by atoms with Gasteiger partial charge in [0.25, 0.3) is 10.0 Å². The van der Waals surface area contributed by atoms with Crippen LogP contribution in [0.1, 0.15) is 63.5 Å². The van der Waals surface area contributed by atoms with Crippen molar-refractivity contribution in [2.45, 2.75) is 64.1 Å². The molecule has 1 N–H and O–H groups in total. The summed E-state index contributed by atoms with van der Waals surface area (Å²) in [5, 5.41) is 2.59. The summed E-state index contributed by atoms with van der Waals surface area (Å²) < 4.78 is 66.8. The molecule has 9 heteroatoms. The molecule has 1 heterocycles. The second-order valence-corrected chi connectivity index (χ2v) is 9.16. The average Bonchev–Trinajstić information content (AvgIpc) is 2.84. The van der Waals surface area contributed by atoms with E-state index in [9.17, 15) is 26.4 Å². The lowest BCUT2D eigenvalue weighted by Crippen LogP contribution is -2.55. The van der Waals surface area contributed by atoms with Gasteiger partial charge in [-0.3, -0.25) is 0 Å². The lowest BCUT2D eigenvalue weighted by atomic mass is 9.74. The maximum absolute atomic E-state index is 13.5. The molecular weight excluding hydrogens is 405 g/mol. The van der Waals surface area contributed by atoms with Gasteiger partial charge in [0.2, 0.25) is 0 Å². The van der Waals surface area contributed by atoms with E-state index in [1.165, 1.54) is 12.1 Å². The fourth-order valence-corrected chi connectivity index (χ4v) is 6.90. The predicted octanol–water partition coefficient (Wildman–Crippen LogP) is 4.90. The van der Waals surface area contributed by atoms with E-state index >= 15 is 0 Å². The van der Waals surface area contributed by atoms with E-state index < -0.39 is 33.3 Å². The third kappa shape index (κ3) is 3.53. The van der Waals surface area contributed by atoms with Crippen LogP contribution in [-0.4, -0.2) is 30.8 Å². The standard InChI is InChI=1S/C20H25F3N2O3S/c1-3-16-17(14-8-10-15(11-9-14)20(21,22)23)29(27,28)25(18(26)24-4-2)19(16)12-6-5-7-13-19/h8-11H,3-7,12-13H2,1-2H3,(H,24,26). The van der Waals surface area contributed by atoms with Crippen molar-refractivity contribution in [3.8, 4) is 0 Å². The van der Waals surface area contributed by atoms with E-state index in [2.05, 4.69) is 5.32 Å².